The maximum absolute atomic E-state index is 13.0. The average molecular weight is 415 g/mol. The molecule has 2 aliphatic rings. The number of unbranched alkanes of at least 4 members (excludes halogenated alkanes) is 1. The van der Waals surface area contributed by atoms with Crippen LogP contribution >= 0.6 is 0 Å². The van der Waals surface area contributed by atoms with Crippen molar-refractivity contribution in [3.8, 4) is 0 Å². The minimum absolute atomic E-state index is 0.0551. The number of benzene rings is 3. The largest absolute Gasteiger partial charge is 0.369 e. The average Bonchev–Trinajstić information content (AvgIpc) is 2.83. The summed E-state index contributed by atoms with van der Waals surface area (Å²) in [5.41, 5.74) is 3.02. The van der Waals surface area contributed by atoms with E-state index in [2.05, 4.69) is 35.2 Å². The quantitative estimate of drug-likeness (QED) is 0.581. The van der Waals surface area contributed by atoms with Crippen molar-refractivity contribution in [3.63, 3.8) is 0 Å². The highest BCUT2D eigenvalue weighted by molar-refractivity contribution is 6.10. The van der Waals surface area contributed by atoms with Crippen LogP contribution in [0.3, 0.4) is 0 Å². The molecule has 1 unspecified atom stereocenters. The molecule has 4 heteroatoms. The van der Waals surface area contributed by atoms with Gasteiger partial charge in [0.05, 0.1) is 0 Å². The van der Waals surface area contributed by atoms with Crippen LogP contribution in [0.2, 0.25) is 0 Å². The summed E-state index contributed by atoms with van der Waals surface area (Å²) in [6.45, 7) is 3.93. The number of carbonyl (C=O) groups excluding carboxylic acids is 1. The molecule has 5 rings (SSSR count). The summed E-state index contributed by atoms with van der Waals surface area (Å²) in [6, 6.07) is 22.6. The van der Waals surface area contributed by atoms with Crippen LogP contribution in [0.1, 0.15) is 59.3 Å². The van der Waals surface area contributed by atoms with Gasteiger partial charge in [-0.15, -0.1) is 0 Å². The number of amides is 1. The maximum Gasteiger partial charge on any atom is 0.256 e. The van der Waals surface area contributed by atoms with E-state index in [0.717, 1.165) is 48.8 Å². The molecule has 1 atom stereocenters. The van der Waals surface area contributed by atoms with E-state index in [-0.39, 0.29) is 5.91 Å². The molecule has 160 valence electrons. The lowest BCUT2D eigenvalue weighted by Crippen LogP contribution is -2.39. The first kappa shape index (κ1) is 20.2. The molecular weight excluding hydrogens is 384 g/mol. The van der Waals surface area contributed by atoms with Crippen molar-refractivity contribution in [2.45, 2.75) is 37.8 Å². The summed E-state index contributed by atoms with van der Waals surface area (Å²) < 4.78 is 0. The molecule has 3 aromatic carbocycles. The van der Waals surface area contributed by atoms with Gasteiger partial charge in [-0.3, -0.25) is 4.79 Å². The van der Waals surface area contributed by atoms with Crippen molar-refractivity contribution in [3.05, 3.63) is 83.4 Å². The minimum atomic E-state index is -0.854. The first-order chi connectivity index (χ1) is 15.2. The summed E-state index contributed by atoms with van der Waals surface area (Å²) in [5, 5.41) is 12.8. The van der Waals surface area contributed by atoms with E-state index >= 15 is 0 Å². The fourth-order valence-corrected chi connectivity index (χ4v) is 5.25. The zero-order valence-corrected chi connectivity index (χ0v) is 17.9. The lowest BCUT2D eigenvalue weighted by Gasteiger charge is -2.34. The van der Waals surface area contributed by atoms with Crippen LogP contribution in [0.15, 0.2) is 66.7 Å². The van der Waals surface area contributed by atoms with E-state index < -0.39 is 6.23 Å². The summed E-state index contributed by atoms with van der Waals surface area (Å²) in [5.74, 6) is 0.627. The summed E-state index contributed by atoms with van der Waals surface area (Å²) in [7, 11) is 0. The lowest BCUT2D eigenvalue weighted by molar-refractivity contribution is 0.00393. The number of rotatable bonds is 6. The Labute approximate surface area is 184 Å². The van der Waals surface area contributed by atoms with Crippen LogP contribution in [-0.4, -0.2) is 47.0 Å². The van der Waals surface area contributed by atoms with Crippen LogP contribution in [0.5, 0.6) is 0 Å². The smallest absolute Gasteiger partial charge is 0.256 e. The van der Waals surface area contributed by atoms with Gasteiger partial charge in [0.1, 0.15) is 0 Å². The molecule has 4 nitrogen and oxygen atoms in total. The van der Waals surface area contributed by atoms with E-state index in [1.807, 2.05) is 36.4 Å². The Morgan fingerprint density at radius 1 is 0.839 bits per heavy atom. The molecule has 1 fully saturated rings. The predicted octanol–water partition coefficient (Wildman–Crippen LogP) is 4.95. The van der Waals surface area contributed by atoms with Gasteiger partial charge in [-0.1, -0.05) is 60.7 Å². The van der Waals surface area contributed by atoms with E-state index in [9.17, 15) is 9.90 Å². The third kappa shape index (κ3) is 3.98. The highest BCUT2D eigenvalue weighted by atomic mass is 16.3. The van der Waals surface area contributed by atoms with Crippen LogP contribution in [-0.2, 0) is 0 Å². The molecule has 0 aromatic heterocycles. The van der Waals surface area contributed by atoms with Gasteiger partial charge in [0.2, 0.25) is 0 Å². The van der Waals surface area contributed by atoms with Crippen LogP contribution < -0.4 is 0 Å². The van der Waals surface area contributed by atoms with Gasteiger partial charge in [0.15, 0.2) is 6.23 Å². The second-order valence-corrected chi connectivity index (χ2v) is 8.86. The van der Waals surface area contributed by atoms with Gasteiger partial charge < -0.3 is 14.9 Å². The van der Waals surface area contributed by atoms with Gasteiger partial charge in [-0.25, -0.2) is 0 Å². The molecule has 2 heterocycles. The molecular formula is C27H30N2O2. The Balaban J connectivity index is 1.14. The Kier molecular flexibility index (Phi) is 5.75. The normalized spacial score (nSPS) is 19.8. The number of nitrogens with zero attached hydrogens (tertiary/aromatic N) is 2. The molecule has 0 aliphatic carbocycles. The van der Waals surface area contributed by atoms with E-state index in [1.54, 1.807) is 4.90 Å². The number of hydrogen-bond acceptors (Lipinski definition) is 3. The van der Waals surface area contributed by atoms with Gasteiger partial charge in [-0.05, 0) is 68.3 Å². The Hall–Kier alpha value is -2.69. The second kappa shape index (κ2) is 8.81. The molecule has 0 spiro atoms. The van der Waals surface area contributed by atoms with Gasteiger partial charge in [0, 0.05) is 23.1 Å². The summed E-state index contributed by atoms with van der Waals surface area (Å²) in [4.78, 5) is 17.2. The molecule has 0 bridgehead atoms. The predicted molar refractivity (Wildman–Crippen MR) is 124 cm³/mol. The van der Waals surface area contributed by atoms with Crippen molar-refractivity contribution in [2.75, 3.05) is 26.2 Å². The molecule has 1 N–H and O–H groups in total. The second-order valence-electron chi connectivity index (χ2n) is 8.86. The van der Waals surface area contributed by atoms with Crippen LogP contribution in [0.4, 0.5) is 0 Å². The Morgan fingerprint density at radius 3 is 2.32 bits per heavy atom. The zero-order valence-electron chi connectivity index (χ0n) is 17.9. The first-order valence-corrected chi connectivity index (χ1v) is 11.5. The Bertz CT molecular complexity index is 1050. The van der Waals surface area contributed by atoms with E-state index in [0.29, 0.717) is 18.0 Å². The standard InChI is InChI=1S/C27H30N2O2/c30-26-23-12-6-10-22-11-7-13-24(25(22)23)27(31)29(26)17-5-4-16-28-18-14-21(15-19-28)20-8-2-1-3-9-20/h1-3,6-13,21,26,30H,4-5,14-19H2. The molecule has 3 aromatic rings. The van der Waals surface area contributed by atoms with Crippen molar-refractivity contribution in [1.29, 1.82) is 0 Å². The number of hydrogen-bond donors (Lipinski definition) is 1. The van der Waals surface area contributed by atoms with Crippen molar-refractivity contribution in [1.82, 2.24) is 9.80 Å². The van der Waals surface area contributed by atoms with Crippen molar-refractivity contribution >= 4 is 16.7 Å². The SMILES string of the molecule is O=C1c2cccc3cccc(c23)C(O)N1CCCCN1CCC(c2ccccc2)CC1. The maximum atomic E-state index is 13.0. The topological polar surface area (TPSA) is 43.8 Å². The molecule has 0 radical (unpaired) electrons. The third-order valence-electron chi connectivity index (χ3n) is 6.98. The van der Waals surface area contributed by atoms with E-state index in [1.165, 1.54) is 18.4 Å². The van der Waals surface area contributed by atoms with Crippen LogP contribution in [0, 0.1) is 0 Å². The molecule has 1 saturated heterocycles. The van der Waals surface area contributed by atoms with Crippen molar-refractivity contribution < 1.29 is 9.90 Å². The van der Waals surface area contributed by atoms with Gasteiger partial charge >= 0.3 is 0 Å². The van der Waals surface area contributed by atoms with E-state index in [4.69, 9.17) is 0 Å². The molecule has 0 saturated carbocycles. The zero-order chi connectivity index (χ0) is 21.2. The monoisotopic (exact) mass is 414 g/mol. The minimum Gasteiger partial charge on any atom is -0.369 e. The number of carbonyl (C=O) groups is 1. The molecule has 31 heavy (non-hydrogen) atoms. The first-order valence-electron chi connectivity index (χ1n) is 11.5. The number of likely N-dealkylation sites (tertiary alicyclic amines) is 1. The van der Waals surface area contributed by atoms with Gasteiger partial charge in [-0.2, -0.15) is 0 Å². The number of aliphatic hydroxyl groups is 1. The lowest BCUT2D eigenvalue weighted by atomic mass is 9.89. The van der Waals surface area contributed by atoms with Crippen molar-refractivity contribution in [2.24, 2.45) is 0 Å². The highest BCUT2D eigenvalue weighted by Crippen LogP contribution is 2.35. The van der Waals surface area contributed by atoms with Gasteiger partial charge in [0.25, 0.3) is 5.91 Å². The summed E-state index contributed by atoms with van der Waals surface area (Å²) in [6.07, 6.45) is 3.52. The third-order valence-corrected chi connectivity index (χ3v) is 6.98. The number of piperidine rings is 1. The number of aliphatic hydroxyl groups excluding tert-OH is 1. The molecule has 1 amide bonds. The fraction of sp³-hybridized carbons (Fsp3) is 0.370. The Morgan fingerprint density at radius 2 is 1.55 bits per heavy atom. The summed E-state index contributed by atoms with van der Waals surface area (Å²) >= 11 is 0. The highest BCUT2D eigenvalue weighted by Gasteiger charge is 2.32. The van der Waals surface area contributed by atoms with Crippen LogP contribution in [0.25, 0.3) is 10.8 Å². The molecule has 2 aliphatic heterocycles. The fourth-order valence-electron chi connectivity index (χ4n) is 5.25.